The van der Waals surface area contributed by atoms with E-state index in [4.69, 9.17) is 9.47 Å². The highest BCUT2D eigenvalue weighted by molar-refractivity contribution is 5.87. The lowest BCUT2D eigenvalue weighted by molar-refractivity contribution is -0.120. The molecule has 4 fully saturated rings. The van der Waals surface area contributed by atoms with E-state index in [1.165, 1.54) is 5.56 Å². The molecule has 1 aromatic rings. The van der Waals surface area contributed by atoms with E-state index in [1.807, 2.05) is 4.90 Å². The summed E-state index contributed by atoms with van der Waals surface area (Å²) in [7, 11) is 4.35. The quantitative estimate of drug-likeness (QED) is 0.556. The van der Waals surface area contributed by atoms with E-state index in [0.717, 1.165) is 65.1 Å². The zero-order chi connectivity index (χ0) is 23.8. The largest absolute Gasteiger partial charge is 0.381 e. The van der Waals surface area contributed by atoms with Gasteiger partial charge in [-0.1, -0.05) is 30.3 Å². The maximum absolute atomic E-state index is 13.6. The fourth-order valence-corrected chi connectivity index (χ4v) is 6.33. The fraction of sp³-hybridized carbons (Fsp3) is 0.704. The molecule has 5 rings (SSSR count). The monoisotopic (exact) mass is 469 g/mol. The van der Waals surface area contributed by atoms with E-state index in [0.29, 0.717) is 24.8 Å². The average Bonchev–Trinajstić information content (AvgIpc) is 3.01. The van der Waals surface area contributed by atoms with Crippen molar-refractivity contribution in [1.29, 1.82) is 0 Å². The molecule has 1 saturated carbocycles. The molecule has 1 spiro atoms. The first-order valence-electron chi connectivity index (χ1n) is 12.9. The van der Waals surface area contributed by atoms with Crippen LogP contribution in [-0.2, 0) is 19.8 Å². The summed E-state index contributed by atoms with van der Waals surface area (Å²) >= 11 is 0. The molecule has 0 radical (unpaired) electrons. The summed E-state index contributed by atoms with van der Waals surface area (Å²) in [6.07, 6.45) is 5.31. The van der Waals surface area contributed by atoms with Gasteiger partial charge in [0.05, 0.1) is 38.5 Å². The Bertz CT molecular complexity index is 873. The topological polar surface area (TPSA) is 62.3 Å². The molecule has 0 unspecified atom stereocenters. The highest BCUT2D eigenvalue weighted by Crippen LogP contribution is 2.49. The third-order valence-corrected chi connectivity index (χ3v) is 8.79. The standard InChI is InChI=1S/C27H39N3O4/c1-28(2)27(23-6-4-3-5-7-23)12-10-26(11-13-27)20-29(15-24(31)9-8-21-16-33-17-21)25(32)30(26)14-22-18-34-19-22/h3-7,21-22H,8-20H2,1-2H3/t26-,27+. The van der Waals surface area contributed by atoms with Crippen LogP contribution in [0.15, 0.2) is 30.3 Å². The number of hydrogen-bond acceptors (Lipinski definition) is 5. The predicted octanol–water partition coefficient (Wildman–Crippen LogP) is 3.14. The summed E-state index contributed by atoms with van der Waals surface area (Å²) in [6.45, 7) is 4.64. The first-order chi connectivity index (χ1) is 16.4. The third-order valence-electron chi connectivity index (χ3n) is 8.79. The van der Waals surface area contributed by atoms with Crippen molar-refractivity contribution in [3.05, 3.63) is 35.9 Å². The van der Waals surface area contributed by atoms with Crippen LogP contribution in [0.5, 0.6) is 0 Å². The van der Waals surface area contributed by atoms with Gasteiger partial charge in [-0.2, -0.15) is 0 Å². The minimum Gasteiger partial charge on any atom is -0.381 e. The van der Waals surface area contributed by atoms with Gasteiger partial charge in [0.15, 0.2) is 5.78 Å². The zero-order valence-electron chi connectivity index (χ0n) is 20.7. The van der Waals surface area contributed by atoms with Gasteiger partial charge in [-0.25, -0.2) is 4.79 Å². The molecule has 0 bridgehead atoms. The summed E-state index contributed by atoms with van der Waals surface area (Å²) in [6, 6.07) is 10.8. The number of amides is 2. The summed E-state index contributed by atoms with van der Waals surface area (Å²) in [5, 5.41) is 0. The number of urea groups is 1. The Balaban J connectivity index is 1.31. The highest BCUT2D eigenvalue weighted by atomic mass is 16.5. The summed E-state index contributed by atoms with van der Waals surface area (Å²) in [5.74, 6) is 1.09. The van der Waals surface area contributed by atoms with Crippen LogP contribution in [0.3, 0.4) is 0 Å². The Morgan fingerprint density at radius 3 is 2.21 bits per heavy atom. The van der Waals surface area contributed by atoms with Crippen molar-refractivity contribution in [3.8, 4) is 0 Å². The van der Waals surface area contributed by atoms with E-state index >= 15 is 0 Å². The van der Waals surface area contributed by atoms with Crippen LogP contribution in [0.2, 0.25) is 0 Å². The van der Waals surface area contributed by atoms with E-state index < -0.39 is 0 Å². The second-order valence-electron chi connectivity index (χ2n) is 11.1. The number of hydrogen-bond donors (Lipinski definition) is 0. The lowest BCUT2D eigenvalue weighted by atomic mass is 9.68. The Hall–Kier alpha value is -1.96. The van der Waals surface area contributed by atoms with Crippen molar-refractivity contribution in [2.24, 2.45) is 11.8 Å². The van der Waals surface area contributed by atoms with Crippen molar-refractivity contribution >= 4 is 11.8 Å². The maximum atomic E-state index is 13.6. The van der Waals surface area contributed by atoms with Gasteiger partial charge in [0.25, 0.3) is 0 Å². The fourth-order valence-electron chi connectivity index (χ4n) is 6.33. The molecule has 2 amide bonds. The van der Waals surface area contributed by atoms with Crippen LogP contribution in [0.4, 0.5) is 4.79 Å². The number of benzene rings is 1. The van der Waals surface area contributed by atoms with Crippen molar-refractivity contribution in [1.82, 2.24) is 14.7 Å². The van der Waals surface area contributed by atoms with Crippen LogP contribution in [0, 0.1) is 11.8 Å². The first-order valence-corrected chi connectivity index (χ1v) is 12.9. The molecule has 186 valence electrons. The lowest BCUT2D eigenvalue weighted by Gasteiger charge is -2.51. The van der Waals surface area contributed by atoms with Crippen LogP contribution < -0.4 is 0 Å². The van der Waals surface area contributed by atoms with Crippen molar-refractivity contribution in [3.63, 3.8) is 0 Å². The minimum absolute atomic E-state index is 0.0190. The summed E-state index contributed by atoms with van der Waals surface area (Å²) in [5.41, 5.74) is 1.14. The Morgan fingerprint density at radius 1 is 1.00 bits per heavy atom. The average molecular weight is 470 g/mol. The van der Waals surface area contributed by atoms with Gasteiger partial charge in [0, 0.05) is 36.9 Å². The predicted molar refractivity (Wildman–Crippen MR) is 130 cm³/mol. The number of ketones is 1. The van der Waals surface area contributed by atoms with Gasteiger partial charge in [0.1, 0.15) is 0 Å². The molecule has 3 saturated heterocycles. The van der Waals surface area contributed by atoms with Gasteiger partial charge in [-0.05, 0) is 51.8 Å². The molecule has 34 heavy (non-hydrogen) atoms. The molecule has 3 heterocycles. The Labute approximate surface area is 203 Å². The van der Waals surface area contributed by atoms with Crippen molar-refractivity contribution < 1.29 is 19.1 Å². The van der Waals surface area contributed by atoms with E-state index in [9.17, 15) is 9.59 Å². The molecule has 0 atom stereocenters. The number of nitrogens with zero attached hydrogens (tertiary/aromatic N) is 3. The van der Waals surface area contributed by atoms with Crippen LogP contribution >= 0.6 is 0 Å². The zero-order valence-corrected chi connectivity index (χ0v) is 20.7. The SMILES string of the molecule is CN(C)[C@]1(c2ccccc2)CC[C@]2(CC1)CN(CC(=O)CCC1COC1)C(=O)N2CC1COC1. The molecular formula is C27H39N3O4. The number of rotatable bonds is 9. The lowest BCUT2D eigenvalue weighted by Crippen LogP contribution is -2.57. The normalized spacial score (nSPS) is 30.1. The molecule has 1 aromatic carbocycles. The summed E-state index contributed by atoms with van der Waals surface area (Å²) in [4.78, 5) is 32.7. The highest BCUT2D eigenvalue weighted by Gasteiger charge is 2.55. The van der Waals surface area contributed by atoms with E-state index in [1.54, 1.807) is 0 Å². The third kappa shape index (κ3) is 4.38. The van der Waals surface area contributed by atoms with Crippen LogP contribution in [-0.4, -0.2) is 92.2 Å². The molecule has 0 N–H and O–H groups in total. The van der Waals surface area contributed by atoms with Crippen molar-refractivity contribution in [2.75, 3.05) is 60.2 Å². The van der Waals surface area contributed by atoms with Crippen LogP contribution in [0.25, 0.3) is 0 Å². The molecule has 7 heteroatoms. The molecule has 7 nitrogen and oxygen atoms in total. The van der Waals surface area contributed by atoms with Gasteiger partial charge in [-0.3, -0.25) is 9.69 Å². The second kappa shape index (κ2) is 9.59. The number of carbonyl (C=O) groups excluding carboxylic acids is 2. The summed E-state index contributed by atoms with van der Waals surface area (Å²) < 4.78 is 10.6. The molecule has 4 aliphatic rings. The molecule has 3 aliphatic heterocycles. The second-order valence-corrected chi connectivity index (χ2v) is 11.1. The van der Waals surface area contributed by atoms with Gasteiger partial charge >= 0.3 is 6.03 Å². The minimum atomic E-state index is -0.191. The Morgan fingerprint density at radius 2 is 1.65 bits per heavy atom. The maximum Gasteiger partial charge on any atom is 0.321 e. The molecular weight excluding hydrogens is 430 g/mol. The molecule has 0 aromatic heterocycles. The number of carbonyl (C=O) groups is 2. The number of Topliss-reactive ketones (excluding diaryl/α,β-unsaturated/α-hetero) is 1. The first kappa shape index (κ1) is 23.8. The van der Waals surface area contributed by atoms with Crippen molar-refractivity contribution in [2.45, 2.75) is 49.6 Å². The van der Waals surface area contributed by atoms with Gasteiger partial charge in [-0.15, -0.1) is 0 Å². The van der Waals surface area contributed by atoms with Crippen LogP contribution in [0.1, 0.15) is 44.1 Å². The Kier molecular flexibility index (Phi) is 6.70. The van der Waals surface area contributed by atoms with Gasteiger partial charge < -0.3 is 19.3 Å². The van der Waals surface area contributed by atoms with E-state index in [2.05, 4.69) is 54.2 Å². The molecule has 1 aliphatic carbocycles. The van der Waals surface area contributed by atoms with Gasteiger partial charge in [0.2, 0.25) is 0 Å². The smallest absolute Gasteiger partial charge is 0.321 e. The number of ether oxygens (including phenoxy) is 2. The van der Waals surface area contributed by atoms with E-state index in [-0.39, 0.29) is 29.4 Å².